The molecule has 1 aliphatic heterocycles. The molecule has 4 rings (SSSR count). The van der Waals surface area contributed by atoms with Gasteiger partial charge in [0, 0.05) is 17.0 Å². The molecule has 0 spiro atoms. The Hall–Kier alpha value is -1.65. The summed E-state index contributed by atoms with van der Waals surface area (Å²) in [6, 6.07) is 3.77. The standard InChI is InChI=1S/C17H16IN3O3S/c1-23-11-6-8(5-10(18)14(11)24-2)15-20-16(22)13-9-3-4-19-7-12(9)25-17(13)21-15/h5-6,19H,3-4,7H2,1-2H3,(H,20,21,22). The van der Waals surface area contributed by atoms with Crippen LogP contribution in [0.2, 0.25) is 0 Å². The lowest BCUT2D eigenvalue weighted by atomic mass is 10.1. The first-order valence-electron chi connectivity index (χ1n) is 7.79. The maximum Gasteiger partial charge on any atom is 0.260 e. The second kappa shape index (κ2) is 6.58. The van der Waals surface area contributed by atoms with Crippen molar-refractivity contribution in [2.75, 3.05) is 20.8 Å². The summed E-state index contributed by atoms with van der Waals surface area (Å²) in [7, 11) is 3.20. The average Bonchev–Trinajstić information content (AvgIpc) is 2.99. The van der Waals surface area contributed by atoms with Crippen molar-refractivity contribution in [3.63, 3.8) is 0 Å². The maximum atomic E-state index is 12.7. The number of nitrogens with zero attached hydrogens (tertiary/aromatic N) is 1. The first-order chi connectivity index (χ1) is 12.1. The quantitative estimate of drug-likeness (QED) is 0.578. The first kappa shape index (κ1) is 16.8. The summed E-state index contributed by atoms with van der Waals surface area (Å²) in [6.07, 6.45) is 0.869. The normalized spacial score (nSPS) is 13.7. The molecule has 2 N–H and O–H groups in total. The van der Waals surface area contributed by atoms with Crippen molar-refractivity contribution in [3.8, 4) is 22.9 Å². The number of nitrogens with one attached hydrogen (secondary N) is 2. The van der Waals surface area contributed by atoms with Gasteiger partial charge in [0.2, 0.25) is 0 Å². The van der Waals surface area contributed by atoms with E-state index in [1.165, 1.54) is 4.88 Å². The van der Waals surface area contributed by atoms with Gasteiger partial charge in [-0.2, -0.15) is 0 Å². The highest BCUT2D eigenvalue weighted by molar-refractivity contribution is 14.1. The van der Waals surface area contributed by atoms with Gasteiger partial charge in [0.1, 0.15) is 10.7 Å². The summed E-state index contributed by atoms with van der Waals surface area (Å²) in [5.74, 6) is 1.83. The van der Waals surface area contributed by atoms with E-state index in [2.05, 4.69) is 32.9 Å². The molecule has 8 heteroatoms. The van der Waals surface area contributed by atoms with Gasteiger partial charge in [-0.05, 0) is 53.3 Å². The lowest BCUT2D eigenvalue weighted by molar-refractivity contribution is 0.353. The Balaban J connectivity index is 1.91. The van der Waals surface area contributed by atoms with Gasteiger partial charge < -0.3 is 19.8 Å². The minimum atomic E-state index is -0.0795. The fraction of sp³-hybridized carbons (Fsp3) is 0.294. The third-order valence-electron chi connectivity index (χ3n) is 4.29. The van der Waals surface area contributed by atoms with Crippen LogP contribution in [-0.4, -0.2) is 30.7 Å². The molecule has 2 aromatic heterocycles. The topological polar surface area (TPSA) is 76.2 Å². The fourth-order valence-corrected chi connectivity index (χ4v) is 5.14. The molecule has 0 bridgehead atoms. The van der Waals surface area contributed by atoms with E-state index in [0.717, 1.165) is 44.4 Å². The Morgan fingerprint density at radius 2 is 2.12 bits per heavy atom. The molecule has 3 heterocycles. The van der Waals surface area contributed by atoms with Crippen LogP contribution in [-0.2, 0) is 13.0 Å². The molecule has 1 aliphatic rings. The molecule has 0 unspecified atom stereocenters. The van der Waals surface area contributed by atoms with E-state index in [4.69, 9.17) is 14.5 Å². The minimum absolute atomic E-state index is 0.0795. The molecule has 3 aromatic rings. The lowest BCUT2D eigenvalue weighted by Crippen LogP contribution is -2.23. The van der Waals surface area contributed by atoms with Crippen molar-refractivity contribution in [3.05, 3.63) is 36.5 Å². The van der Waals surface area contributed by atoms with Gasteiger partial charge in [-0.1, -0.05) is 0 Å². The lowest BCUT2D eigenvalue weighted by Gasteiger charge is -2.12. The molecule has 0 atom stereocenters. The maximum absolute atomic E-state index is 12.7. The molecule has 0 fully saturated rings. The number of ether oxygens (including phenoxy) is 2. The number of halogens is 1. The van der Waals surface area contributed by atoms with Gasteiger partial charge in [0.25, 0.3) is 5.56 Å². The molecule has 0 amide bonds. The van der Waals surface area contributed by atoms with Crippen LogP contribution in [0.15, 0.2) is 16.9 Å². The number of H-pyrrole nitrogens is 1. The van der Waals surface area contributed by atoms with Crippen molar-refractivity contribution in [2.24, 2.45) is 0 Å². The summed E-state index contributed by atoms with van der Waals surface area (Å²) < 4.78 is 11.7. The molecule has 130 valence electrons. The summed E-state index contributed by atoms with van der Waals surface area (Å²) >= 11 is 3.78. The van der Waals surface area contributed by atoms with Crippen LogP contribution in [0.4, 0.5) is 0 Å². The van der Waals surface area contributed by atoms with Gasteiger partial charge in [-0.25, -0.2) is 4.98 Å². The highest BCUT2D eigenvalue weighted by Gasteiger charge is 2.20. The van der Waals surface area contributed by atoms with Crippen LogP contribution in [0.1, 0.15) is 10.4 Å². The molecule has 6 nitrogen and oxygen atoms in total. The highest BCUT2D eigenvalue weighted by atomic mass is 127. The minimum Gasteiger partial charge on any atom is -0.493 e. The number of aromatic nitrogens is 2. The monoisotopic (exact) mass is 469 g/mol. The smallest absolute Gasteiger partial charge is 0.260 e. The van der Waals surface area contributed by atoms with E-state index in [0.29, 0.717) is 17.3 Å². The zero-order valence-corrected chi connectivity index (χ0v) is 16.7. The zero-order valence-electron chi connectivity index (χ0n) is 13.7. The van der Waals surface area contributed by atoms with Crippen molar-refractivity contribution >= 4 is 44.1 Å². The Labute approximate surface area is 161 Å². The van der Waals surface area contributed by atoms with Crippen LogP contribution in [0.5, 0.6) is 11.5 Å². The SMILES string of the molecule is COc1cc(-c2nc3sc4c(c3c(=O)[nH]2)CCNC4)cc(I)c1OC. The van der Waals surface area contributed by atoms with Crippen LogP contribution >= 0.6 is 33.9 Å². The Bertz CT molecular complexity index is 1030. The average molecular weight is 469 g/mol. The molecule has 25 heavy (non-hydrogen) atoms. The van der Waals surface area contributed by atoms with E-state index in [-0.39, 0.29) is 5.56 Å². The number of methoxy groups -OCH3 is 2. The van der Waals surface area contributed by atoms with E-state index in [9.17, 15) is 4.79 Å². The Morgan fingerprint density at radius 1 is 1.28 bits per heavy atom. The Morgan fingerprint density at radius 3 is 2.88 bits per heavy atom. The van der Waals surface area contributed by atoms with Crippen molar-refractivity contribution in [1.29, 1.82) is 0 Å². The van der Waals surface area contributed by atoms with Gasteiger partial charge >= 0.3 is 0 Å². The van der Waals surface area contributed by atoms with Crippen LogP contribution in [0.3, 0.4) is 0 Å². The van der Waals surface area contributed by atoms with Crippen molar-refractivity contribution in [2.45, 2.75) is 13.0 Å². The number of hydrogen-bond acceptors (Lipinski definition) is 6. The van der Waals surface area contributed by atoms with Crippen molar-refractivity contribution in [1.82, 2.24) is 15.3 Å². The van der Waals surface area contributed by atoms with E-state index in [1.807, 2.05) is 12.1 Å². The van der Waals surface area contributed by atoms with E-state index in [1.54, 1.807) is 25.6 Å². The summed E-state index contributed by atoms with van der Waals surface area (Å²) in [6.45, 7) is 1.70. The highest BCUT2D eigenvalue weighted by Crippen LogP contribution is 2.37. The van der Waals surface area contributed by atoms with Gasteiger partial charge in [0.15, 0.2) is 11.5 Å². The van der Waals surface area contributed by atoms with Crippen molar-refractivity contribution < 1.29 is 9.47 Å². The second-order valence-electron chi connectivity index (χ2n) is 5.72. The predicted molar refractivity (Wildman–Crippen MR) is 107 cm³/mol. The van der Waals surface area contributed by atoms with Gasteiger partial charge in [-0.15, -0.1) is 11.3 Å². The van der Waals surface area contributed by atoms with E-state index < -0.39 is 0 Å². The molecular formula is C17H16IN3O3S. The fourth-order valence-electron chi connectivity index (χ4n) is 3.12. The zero-order chi connectivity index (χ0) is 17.6. The van der Waals surface area contributed by atoms with Crippen LogP contribution in [0, 0.1) is 3.57 Å². The molecule has 0 aliphatic carbocycles. The number of hydrogen-bond donors (Lipinski definition) is 2. The third kappa shape index (κ3) is 2.81. The van der Waals surface area contributed by atoms with Gasteiger partial charge in [-0.3, -0.25) is 4.79 Å². The largest absolute Gasteiger partial charge is 0.493 e. The van der Waals surface area contributed by atoms with E-state index >= 15 is 0 Å². The summed E-state index contributed by atoms with van der Waals surface area (Å²) in [4.78, 5) is 22.4. The number of thiophene rings is 1. The van der Waals surface area contributed by atoms with Crippen LogP contribution in [0.25, 0.3) is 21.6 Å². The number of benzene rings is 1. The third-order valence-corrected chi connectivity index (χ3v) is 6.22. The number of rotatable bonds is 3. The number of aromatic amines is 1. The molecule has 0 saturated carbocycles. The van der Waals surface area contributed by atoms with Gasteiger partial charge in [0.05, 0.1) is 23.2 Å². The first-order valence-corrected chi connectivity index (χ1v) is 9.69. The number of fused-ring (bicyclic) bond motifs is 3. The molecule has 1 aromatic carbocycles. The molecule has 0 radical (unpaired) electrons. The molecule has 0 saturated heterocycles. The van der Waals surface area contributed by atoms with Crippen LogP contribution < -0.4 is 20.3 Å². The summed E-state index contributed by atoms with van der Waals surface area (Å²) in [5.41, 5.74) is 1.86. The molecular weight excluding hydrogens is 453 g/mol. The Kier molecular flexibility index (Phi) is 4.42. The predicted octanol–water partition coefficient (Wildman–Crippen LogP) is 2.92. The summed E-state index contributed by atoms with van der Waals surface area (Å²) in [5, 5.41) is 4.08. The second-order valence-corrected chi connectivity index (χ2v) is 7.96.